The summed E-state index contributed by atoms with van der Waals surface area (Å²) in [7, 11) is 0. The number of ether oxygens (including phenoxy) is 1. The van der Waals surface area contributed by atoms with Crippen LogP contribution in [0.3, 0.4) is 0 Å². The molecule has 1 fully saturated rings. The molecule has 0 aromatic carbocycles. The summed E-state index contributed by atoms with van der Waals surface area (Å²) in [6, 6.07) is 0. The smallest absolute Gasteiger partial charge is 0.309 e. The second-order valence-electron chi connectivity index (χ2n) is 5.42. The molecular formula is C13H24O3S. The van der Waals surface area contributed by atoms with Gasteiger partial charge in [-0.25, -0.2) is 0 Å². The lowest BCUT2D eigenvalue weighted by atomic mass is 9.88. The number of aliphatic carboxylic acids is 1. The van der Waals surface area contributed by atoms with Gasteiger partial charge in [-0.1, -0.05) is 6.42 Å². The third-order valence-electron chi connectivity index (χ3n) is 3.41. The number of carbonyl (C=O) groups is 1. The molecule has 0 aromatic heterocycles. The van der Waals surface area contributed by atoms with Crippen LogP contribution in [0.25, 0.3) is 0 Å². The summed E-state index contributed by atoms with van der Waals surface area (Å²) < 4.78 is 5.51. The van der Waals surface area contributed by atoms with Crippen LogP contribution in [0.15, 0.2) is 0 Å². The van der Waals surface area contributed by atoms with Crippen LogP contribution >= 0.6 is 11.8 Å². The average Bonchev–Trinajstić information content (AvgIpc) is 2.63. The van der Waals surface area contributed by atoms with E-state index in [2.05, 4.69) is 6.92 Å². The minimum Gasteiger partial charge on any atom is -0.481 e. The van der Waals surface area contributed by atoms with Crippen molar-refractivity contribution >= 4 is 17.7 Å². The van der Waals surface area contributed by atoms with Crippen molar-refractivity contribution in [2.24, 2.45) is 5.41 Å². The van der Waals surface area contributed by atoms with E-state index in [-0.39, 0.29) is 0 Å². The summed E-state index contributed by atoms with van der Waals surface area (Å²) in [6.07, 6.45) is 4.40. The molecule has 1 rings (SSSR count). The fraction of sp³-hybridized carbons (Fsp3) is 0.923. The van der Waals surface area contributed by atoms with Gasteiger partial charge in [-0.05, 0) is 45.8 Å². The fourth-order valence-corrected chi connectivity index (χ4v) is 3.23. The first-order valence-electron chi connectivity index (χ1n) is 6.40. The van der Waals surface area contributed by atoms with Crippen molar-refractivity contribution in [3.05, 3.63) is 0 Å². The Morgan fingerprint density at radius 1 is 1.47 bits per heavy atom. The molecule has 1 N–H and O–H groups in total. The first-order valence-corrected chi connectivity index (χ1v) is 7.45. The van der Waals surface area contributed by atoms with E-state index >= 15 is 0 Å². The molecule has 17 heavy (non-hydrogen) atoms. The zero-order valence-corrected chi connectivity index (χ0v) is 11.9. The number of thioether (sulfide) groups is 1. The molecule has 100 valence electrons. The van der Waals surface area contributed by atoms with Gasteiger partial charge in [-0.15, -0.1) is 0 Å². The maximum atomic E-state index is 10.9. The molecule has 2 atom stereocenters. The van der Waals surface area contributed by atoms with E-state index in [9.17, 15) is 4.79 Å². The second-order valence-corrected chi connectivity index (χ2v) is 6.77. The molecule has 0 spiro atoms. The highest BCUT2D eigenvalue weighted by molar-refractivity contribution is 7.99. The van der Waals surface area contributed by atoms with Gasteiger partial charge in [-0.2, -0.15) is 11.8 Å². The Morgan fingerprint density at radius 2 is 2.18 bits per heavy atom. The highest BCUT2D eigenvalue weighted by Gasteiger charge is 2.27. The molecule has 0 saturated carbocycles. The third-order valence-corrected chi connectivity index (χ3v) is 4.99. The predicted octanol–water partition coefficient (Wildman–Crippen LogP) is 3.18. The number of unbranched alkanes of at least 4 members (excludes halogenated alkanes) is 1. The molecule has 0 amide bonds. The van der Waals surface area contributed by atoms with Gasteiger partial charge in [0, 0.05) is 11.9 Å². The van der Waals surface area contributed by atoms with Crippen LogP contribution in [0.5, 0.6) is 0 Å². The van der Waals surface area contributed by atoms with Crippen molar-refractivity contribution in [2.75, 3.05) is 12.4 Å². The monoisotopic (exact) mass is 260 g/mol. The quantitative estimate of drug-likeness (QED) is 0.714. The molecule has 0 aliphatic carbocycles. The van der Waals surface area contributed by atoms with Crippen molar-refractivity contribution in [3.63, 3.8) is 0 Å². The Bertz CT molecular complexity index is 253. The van der Waals surface area contributed by atoms with Crippen molar-refractivity contribution in [3.8, 4) is 0 Å². The molecule has 1 heterocycles. The summed E-state index contributed by atoms with van der Waals surface area (Å²) in [5, 5.41) is 9.62. The number of carboxylic acid groups (broad SMARTS) is 1. The van der Waals surface area contributed by atoms with E-state index < -0.39 is 11.4 Å². The summed E-state index contributed by atoms with van der Waals surface area (Å²) in [4.78, 5) is 10.9. The highest BCUT2D eigenvalue weighted by atomic mass is 32.2. The van der Waals surface area contributed by atoms with Crippen LogP contribution in [0.4, 0.5) is 0 Å². The zero-order chi connectivity index (χ0) is 12.9. The highest BCUT2D eigenvalue weighted by Crippen LogP contribution is 2.28. The molecular weight excluding hydrogens is 236 g/mol. The minimum absolute atomic E-state index is 0.385. The predicted molar refractivity (Wildman–Crippen MR) is 71.5 cm³/mol. The van der Waals surface area contributed by atoms with Gasteiger partial charge in [0.1, 0.15) is 0 Å². The van der Waals surface area contributed by atoms with Gasteiger partial charge >= 0.3 is 5.97 Å². The summed E-state index contributed by atoms with van der Waals surface area (Å²) in [5.74, 6) is 0.427. The summed E-state index contributed by atoms with van der Waals surface area (Å²) in [6.45, 7) is 6.63. The fourth-order valence-electron chi connectivity index (χ4n) is 1.94. The van der Waals surface area contributed by atoms with Crippen LogP contribution in [-0.4, -0.2) is 34.8 Å². The van der Waals surface area contributed by atoms with E-state index in [1.807, 2.05) is 11.8 Å². The lowest BCUT2D eigenvalue weighted by Gasteiger charge is -2.19. The van der Waals surface area contributed by atoms with Crippen LogP contribution in [0.1, 0.15) is 46.5 Å². The van der Waals surface area contributed by atoms with E-state index in [1.165, 1.54) is 0 Å². The van der Waals surface area contributed by atoms with Gasteiger partial charge in [-0.3, -0.25) is 4.79 Å². The van der Waals surface area contributed by atoms with E-state index in [0.29, 0.717) is 11.4 Å². The maximum Gasteiger partial charge on any atom is 0.309 e. The van der Waals surface area contributed by atoms with Crippen LogP contribution in [-0.2, 0) is 9.53 Å². The Morgan fingerprint density at radius 3 is 2.71 bits per heavy atom. The molecule has 1 aliphatic heterocycles. The molecule has 1 aliphatic rings. The van der Waals surface area contributed by atoms with Crippen molar-refractivity contribution < 1.29 is 14.6 Å². The largest absolute Gasteiger partial charge is 0.481 e. The Kier molecular flexibility index (Phi) is 5.80. The van der Waals surface area contributed by atoms with Crippen LogP contribution < -0.4 is 0 Å². The molecule has 2 unspecified atom stereocenters. The van der Waals surface area contributed by atoms with Gasteiger partial charge < -0.3 is 9.84 Å². The summed E-state index contributed by atoms with van der Waals surface area (Å²) in [5.41, 5.74) is -0.575. The Labute approximate surface area is 108 Å². The Balaban J connectivity index is 2.07. The van der Waals surface area contributed by atoms with E-state index in [4.69, 9.17) is 9.84 Å². The number of hydrogen-bond donors (Lipinski definition) is 1. The molecule has 0 radical (unpaired) electrons. The summed E-state index contributed by atoms with van der Waals surface area (Å²) >= 11 is 1.98. The number of hydrogen-bond acceptors (Lipinski definition) is 3. The third kappa shape index (κ3) is 4.88. The van der Waals surface area contributed by atoms with Crippen molar-refractivity contribution in [1.29, 1.82) is 0 Å². The van der Waals surface area contributed by atoms with Crippen LogP contribution in [0.2, 0.25) is 0 Å². The van der Waals surface area contributed by atoms with Crippen molar-refractivity contribution in [1.82, 2.24) is 0 Å². The molecule has 0 aromatic rings. The van der Waals surface area contributed by atoms with Gasteiger partial charge in [0.25, 0.3) is 0 Å². The molecule has 1 saturated heterocycles. The molecule has 0 bridgehead atoms. The minimum atomic E-state index is -0.692. The lowest BCUT2D eigenvalue weighted by Crippen LogP contribution is -2.23. The number of carboxylic acids is 1. The SMILES string of the molecule is CC1OCCC1SCCCCC(C)(C)C(=O)O. The van der Waals surface area contributed by atoms with E-state index in [1.54, 1.807) is 13.8 Å². The Hall–Kier alpha value is -0.220. The van der Waals surface area contributed by atoms with E-state index in [0.717, 1.165) is 38.0 Å². The lowest BCUT2D eigenvalue weighted by molar-refractivity contribution is -0.147. The van der Waals surface area contributed by atoms with Crippen LogP contribution in [0, 0.1) is 5.41 Å². The average molecular weight is 260 g/mol. The van der Waals surface area contributed by atoms with Crippen molar-refractivity contribution in [2.45, 2.75) is 57.8 Å². The van der Waals surface area contributed by atoms with Gasteiger partial charge in [0.15, 0.2) is 0 Å². The maximum absolute atomic E-state index is 10.9. The molecule has 3 nitrogen and oxygen atoms in total. The first-order chi connectivity index (χ1) is 7.93. The number of rotatable bonds is 7. The van der Waals surface area contributed by atoms with Gasteiger partial charge in [0.05, 0.1) is 11.5 Å². The van der Waals surface area contributed by atoms with Gasteiger partial charge in [0.2, 0.25) is 0 Å². The topological polar surface area (TPSA) is 46.5 Å². The normalized spacial score (nSPS) is 25.1. The second kappa shape index (κ2) is 6.64. The first kappa shape index (κ1) is 14.8. The standard InChI is InChI=1S/C13H24O3S/c1-10-11(6-8-16-10)17-9-5-4-7-13(2,3)12(14)15/h10-11H,4-9H2,1-3H3,(H,14,15). The zero-order valence-electron chi connectivity index (χ0n) is 11.1. The molecule has 4 heteroatoms.